The molecule has 0 saturated carbocycles. The van der Waals surface area contributed by atoms with Crippen molar-refractivity contribution < 1.29 is 0 Å². The zero-order chi connectivity index (χ0) is 10.3. The summed E-state index contributed by atoms with van der Waals surface area (Å²) in [5, 5.41) is 0. The minimum atomic E-state index is 0.288. The highest BCUT2D eigenvalue weighted by atomic mass is 32.1. The van der Waals surface area contributed by atoms with Crippen molar-refractivity contribution in [1.29, 1.82) is 0 Å². The van der Waals surface area contributed by atoms with Crippen LogP contribution in [0.1, 0.15) is 54.5 Å². The summed E-state index contributed by atoms with van der Waals surface area (Å²) in [4.78, 5) is 2.95. The fourth-order valence-electron chi connectivity index (χ4n) is 2.05. The Morgan fingerprint density at radius 3 is 2.86 bits per heavy atom. The van der Waals surface area contributed by atoms with Crippen LogP contribution in [0.15, 0.2) is 6.07 Å². The predicted molar refractivity (Wildman–Crippen MR) is 62.8 cm³/mol. The molecular formula is C12H19NS. The maximum atomic E-state index is 6.21. The molecule has 0 bridgehead atoms. The number of aryl methyl sites for hydroxylation is 1. The molecule has 0 amide bonds. The topological polar surface area (TPSA) is 26.0 Å². The monoisotopic (exact) mass is 209 g/mol. The second-order valence-corrected chi connectivity index (χ2v) is 5.85. The van der Waals surface area contributed by atoms with Gasteiger partial charge in [-0.3, -0.25) is 0 Å². The Labute approximate surface area is 90.3 Å². The fourth-order valence-corrected chi connectivity index (χ4v) is 3.40. The Hall–Kier alpha value is -0.340. The van der Waals surface area contributed by atoms with Crippen LogP contribution in [-0.4, -0.2) is 0 Å². The van der Waals surface area contributed by atoms with E-state index in [1.807, 2.05) is 11.3 Å². The molecule has 0 spiro atoms. The molecule has 14 heavy (non-hydrogen) atoms. The summed E-state index contributed by atoms with van der Waals surface area (Å²) < 4.78 is 0. The molecule has 1 aromatic heterocycles. The Bertz CT molecular complexity index is 327. The van der Waals surface area contributed by atoms with Gasteiger partial charge in [0.05, 0.1) is 0 Å². The van der Waals surface area contributed by atoms with Crippen molar-refractivity contribution in [2.45, 2.75) is 45.6 Å². The molecule has 0 aromatic carbocycles. The van der Waals surface area contributed by atoms with E-state index in [1.165, 1.54) is 28.2 Å². The van der Waals surface area contributed by atoms with Gasteiger partial charge >= 0.3 is 0 Å². The lowest BCUT2D eigenvalue weighted by Gasteiger charge is -2.25. The van der Waals surface area contributed by atoms with E-state index in [2.05, 4.69) is 26.8 Å². The normalized spacial score (nSPS) is 26.6. The molecule has 2 heteroatoms. The van der Waals surface area contributed by atoms with E-state index in [1.54, 1.807) is 0 Å². The van der Waals surface area contributed by atoms with Crippen LogP contribution in [0.2, 0.25) is 0 Å². The molecule has 0 radical (unpaired) electrons. The third-order valence-corrected chi connectivity index (χ3v) is 4.79. The molecule has 0 aliphatic heterocycles. The molecule has 2 N–H and O–H groups in total. The van der Waals surface area contributed by atoms with Gasteiger partial charge in [0.1, 0.15) is 0 Å². The third kappa shape index (κ3) is 1.61. The second kappa shape index (κ2) is 3.67. The molecule has 1 aliphatic carbocycles. The lowest BCUT2D eigenvalue weighted by atomic mass is 9.86. The Kier molecular flexibility index (Phi) is 2.67. The van der Waals surface area contributed by atoms with Crippen LogP contribution in [0.5, 0.6) is 0 Å². The van der Waals surface area contributed by atoms with E-state index >= 15 is 0 Å². The van der Waals surface area contributed by atoms with Crippen molar-refractivity contribution in [3.8, 4) is 0 Å². The van der Waals surface area contributed by atoms with Crippen molar-refractivity contribution in [3.63, 3.8) is 0 Å². The van der Waals surface area contributed by atoms with Crippen LogP contribution < -0.4 is 5.73 Å². The third-order valence-electron chi connectivity index (χ3n) is 3.21. The standard InChI is InChI=1S/C12H19NS/c1-7(2)10-6-9-5-4-8(3)11(13)12(9)14-10/h6-8,11H,4-5,13H2,1-3H3. The molecule has 78 valence electrons. The molecule has 1 nitrogen and oxygen atoms in total. The van der Waals surface area contributed by atoms with Crippen LogP contribution in [0, 0.1) is 5.92 Å². The minimum absolute atomic E-state index is 0.288. The Morgan fingerprint density at radius 2 is 2.21 bits per heavy atom. The van der Waals surface area contributed by atoms with Gasteiger partial charge in [0.15, 0.2) is 0 Å². The van der Waals surface area contributed by atoms with Crippen LogP contribution in [0.25, 0.3) is 0 Å². The fraction of sp³-hybridized carbons (Fsp3) is 0.667. The summed E-state index contributed by atoms with van der Waals surface area (Å²) in [6, 6.07) is 2.66. The Balaban J connectivity index is 2.36. The molecule has 0 fully saturated rings. The van der Waals surface area contributed by atoms with Gasteiger partial charge in [0, 0.05) is 15.8 Å². The predicted octanol–water partition coefficient (Wildman–Crippen LogP) is 3.45. The van der Waals surface area contributed by atoms with Crippen molar-refractivity contribution in [1.82, 2.24) is 0 Å². The van der Waals surface area contributed by atoms with Gasteiger partial charge in [-0.25, -0.2) is 0 Å². The van der Waals surface area contributed by atoms with E-state index in [-0.39, 0.29) is 6.04 Å². The lowest BCUT2D eigenvalue weighted by Crippen LogP contribution is -2.23. The number of rotatable bonds is 1. The first-order valence-electron chi connectivity index (χ1n) is 5.47. The van der Waals surface area contributed by atoms with Gasteiger partial charge < -0.3 is 5.73 Å². The van der Waals surface area contributed by atoms with Crippen LogP contribution in [0.4, 0.5) is 0 Å². The van der Waals surface area contributed by atoms with Gasteiger partial charge in [-0.15, -0.1) is 11.3 Å². The van der Waals surface area contributed by atoms with Crippen molar-refractivity contribution in [2.75, 3.05) is 0 Å². The highest BCUT2D eigenvalue weighted by molar-refractivity contribution is 7.12. The molecule has 0 saturated heterocycles. The molecule has 1 heterocycles. The number of hydrogen-bond acceptors (Lipinski definition) is 2. The number of hydrogen-bond donors (Lipinski definition) is 1. The van der Waals surface area contributed by atoms with Gasteiger partial charge in [-0.2, -0.15) is 0 Å². The number of thiophene rings is 1. The minimum Gasteiger partial charge on any atom is -0.323 e. The van der Waals surface area contributed by atoms with Gasteiger partial charge in [0.2, 0.25) is 0 Å². The van der Waals surface area contributed by atoms with E-state index < -0.39 is 0 Å². The second-order valence-electron chi connectivity index (χ2n) is 4.73. The molecule has 1 aliphatic rings. The van der Waals surface area contributed by atoms with Crippen LogP contribution in [-0.2, 0) is 6.42 Å². The zero-order valence-corrected chi connectivity index (χ0v) is 10.0. The molecule has 2 atom stereocenters. The summed E-state index contributed by atoms with van der Waals surface area (Å²) in [7, 11) is 0. The first-order valence-corrected chi connectivity index (χ1v) is 6.29. The Morgan fingerprint density at radius 1 is 1.50 bits per heavy atom. The number of nitrogens with two attached hydrogens (primary N) is 1. The van der Waals surface area contributed by atoms with E-state index in [0.29, 0.717) is 11.8 Å². The summed E-state index contributed by atoms with van der Waals surface area (Å²) in [6.45, 7) is 6.78. The van der Waals surface area contributed by atoms with Crippen molar-refractivity contribution in [3.05, 3.63) is 21.4 Å². The molecule has 1 aromatic rings. The van der Waals surface area contributed by atoms with Crippen LogP contribution in [0.3, 0.4) is 0 Å². The average molecular weight is 209 g/mol. The zero-order valence-electron chi connectivity index (χ0n) is 9.21. The largest absolute Gasteiger partial charge is 0.323 e. The van der Waals surface area contributed by atoms with E-state index in [0.717, 1.165) is 0 Å². The molecule has 2 rings (SSSR count). The highest BCUT2D eigenvalue weighted by Gasteiger charge is 2.26. The maximum absolute atomic E-state index is 6.21. The van der Waals surface area contributed by atoms with Crippen molar-refractivity contribution >= 4 is 11.3 Å². The van der Waals surface area contributed by atoms with E-state index in [4.69, 9.17) is 5.73 Å². The first kappa shape index (κ1) is 10.2. The van der Waals surface area contributed by atoms with Crippen molar-refractivity contribution in [2.24, 2.45) is 11.7 Å². The first-order chi connectivity index (χ1) is 6.59. The summed E-state index contributed by atoms with van der Waals surface area (Å²) >= 11 is 1.93. The lowest BCUT2D eigenvalue weighted by molar-refractivity contribution is 0.419. The summed E-state index contributed by atoms with van der Waals surface area (Å²) in [6.07, 6.45) is 2.48. The average Bonchev–Trinajstić information content (AvgIpc) is 2.56. The molecular weight excluding hydrogens is 190 g/mol. The maximum Gasteiger partial charge on any atom is 0.0418 e. The smallest absolute Gasteiger partial charge is 0.0418 e. The van der Waals surface area contributed by atoms with Gasteiger partial charge in [0.25, 0.3) is 0 Å². The highest BCUT2D eigenvalue weighted by Crippen LogP contribution is 2.39. The van der Waals surface area contributed by atoms with Gasteiger partial charge in [-0.05, 0) is 36.3 Å². The van der Waals surface area contributed by atoms with E-state index in [9.17, 15) is 0 Å². The SMILES string of the molecule is CC(C)c1cc2c(s1)C(N)C(C)CC2. The summed E-state index contributed by atoms with van der Waals surface area (Å²) in [5.41, 5.74) is 7.73. The number of fused-ring (bicyclic) bond motifs is 1. The quantitative estimate of drug-likeness (QED) is 0.753. The summed E-state index contributed by atoms with van der Waals surface area (Å²) in [5.74, 6) is 1.30. The van der Waals surface area contributed by atoms with Crippen LogP contribution >= 0.6 is 11.3 Å². The van der Waals surface area contributed by atoms with Gasteiger partial charge in [-0.1, -0.05) is 20.8 Å². The molecule has 2 unspecified atom stereocenters.